The molecule has 4 heteroatoms. The Morgan fingerprint density at radius 1 is 0.917 bits per heavy atom. The average molecular weight is 326 g/mol. The highest BCUT2D eigenvalue weighted by Crippen LogP contribution is 2.22. The molecule has 2 aromatic rings. The van der Waals surface area contributed by atoms with Gasteiger partial charge in [0.2, 0.25) is 5.91 Å². The second-order valence-electron chi connectivity index (χ2n) is 6.41. The van der Waals surface area contributed by atoms with Crippen molar-refractivity contribution in [2.45, 2.75) is 44.6 Å². The van der Waals surface area contributed by atoms with Gasteiger partial charge in [-0.3, -0.25) is 4.79 Å². The van der Waals surface area contributed by atoms with Crippen LogP contribution in [-0.4, -0.2) is 11.9 Å². The Kier molecular flexibility index (Phi) is 5.47. The number of amides is 1. The zero-order valence-corrected chi connectivity index (χ0v) is 13.7. The monoisotopic (exact) mass is 326 g/mol. The third-order valence-corrected chi connectivity index (χ3v) is 4.42. The smallest absolute Gasteiger partial charge is 0.228 e. The number of carbonyl (C=O) groups is 1. The van der Waals surface area contributed by atoms with Crippen LogP contribution in [-0.2, 0) is 11.2 Å². The zero-order chi connectivity index (χ0) is 16.8. The summed E-state index contributed by atoms with van der Waals surface area (Å²) in [4.78, 5) is 12.0. The molecule has 0 radical (unpaired) electrons. The van der Waals surface area contributed by atoms with E-state index < -0.39 is 0 Å². The molecule has 3 rings (SSSR count). The van der Waals surface area contributed by atoms with Gasteiger partial charge in [0, 0.05) is 17.4 Å². The molecule has 1 saturated carbocycles. The number of hydrogen-bond donors (Lipinski definition) is 2. The Morgan fingerprint density at radius 2 is 1.54 bits per heavy atom. The lowest BCUT2D eigenvalue weighted by molar-refractivity contribution is -0.115. The molecule has 2 N–H and O–H groups in total. The zero-order valence-electron chi connectivity index (χ0n) is 13.7. The van der Waals surface area contributed by atoms with Gasteiger partial charge in [-0.15, -0.1) is 0 Å². The SMILES string of the molecule is O=C(Cc1ccc(F)cc1)Nc1ccc(NC2CCCCC2)cc1. The van der Waals surface area contributed by atoms with Crippen LogP contribution in [0.1, 0.15) is 37.7 Å². The van der Waals surface area contributed by atoms with Crippen LogP contribution in [0.15, 0.2) is 48.5 Å². The average Bonchev–Trinajstić information content (AvgIpc) is 2.60. The van der Waals surface area contributed by atoms with Crippen LogP contribution in [0.2, 0.25) is 0 Å². The van der Waals surface area contributed by atoms with E-state index in [-0.39, 0.29) is 18.1 Å². The molecule has 0 saturated heterocycles. The van der Waals surface area contributed by atoms with Crippen molar-refractivity contribution in [3.8, 4) is 0 Å². The van der Waals surface area contributed by atoms with E-state index in [0.717, 1.165) is 16.9 Å². The van der Waals surface area contributed by atoms with Gasteiger partial charge in [0.05, 0.1) is 6.42 Å². The molecule has 0 heterocycles. The van der Waals surface area contributed by atoms with Crippen molar-refractivity contribution < 1.29 is 9.18 Å². The minimum atomic E-state index is -0.291. The van der Waals surface area contributed by atoms with Crippen LogP contribution < -0.4 is 10.6 Å². The van der Waals surface area contributed by atoms with Crippen molar-refractivity contribution in [2.24, 2.45) is 0 Å². The lowest BCUT2D eigenvalue weighted by Crippen LogP contribution is -2.22. The van der Waals surface area contributed by atoms with E-state index in [0.29, 0.717) is 6.04 Å². The van der Waals surface area contributed by atoms with Crippen LogP contribution in [0.4, 0.5) is 15.8 Å². The van der Waals surface area contributed by atoms with Gasteiger partial charge in [0.25, 0.3) is 0 Å². The molecule has 1 aliphatic carbocycles. The maximum atomic E-state index is 12.9. The number of anilines is 2. The van der Waals surface area contributed by atoms with Crippen molar-refractivity contribution >= 4 is 17.3 Å². The highest BCUT2D eigenvalue weighted by atomic mass is 19.1. The lowest BCUT2D eigenvalue weighted by atomic mass is 9.95. The second kappa shape index (κ2) is 7.95. The fraction of sp³-hybridized carbons (Fsp3) is 0.350. The molecule has 0 unspecified atom stereocenters. The van der Waals surface area contributed by atoms with Gasteiger partial charge in [-0.2, -0.15) is 0 Å². The van der Waals surface area contributed by atoms with E-state index in [1.807, 2.05) is 24.3 Å². The summed E-state index contributed by atoms with van der Waals surface area (Å²) >= 11 is 0. The van der Waals surface area contributed by atoms with Gasteiger partial charge >= 0.3 is 0 Å². The molecule has 0 bridgehead atoms. The van der Waals surface area contributed by atoms with Gasteiger partial charge in [0.1, 0.15) is 5.82 Å². The summed E-state index contributed by atoms with van der Waals surface area (Å²) in [6.07, 6.45) is 6.65. The lowest BCUT2D eigenvalue weighted by Gasteiger charge is -2.23. The fourth-order valence-electron chi connectivity index (χ4n) is 3.13. The molecule has 0 spiro atoms. The van der Waals surface area contributed by atoms with E-state index >= 15 is 0 Å². The molecule has 126 valence electrons. The van der Waals surface area contributed by atoms with E-state index in [9.17, 15) is 9.18 Å². The van der Waals surface area contributed by atoms with E-state index in [2.05, 4.69) is 10.6 Å². The Labute approximate surface area is 142 Å². The van der Waals surface area contributed by atoms with E-state index in [1.165, 1.54) is 44.2 Å². The summed E-state index contributed by atoms with van der Waals surface area (Å²) < 4.78 is 12.9. The largest absolute Gasteiger partial charge is 0.382 e. The Hall–Kier alpha value is -2.36. The summed E-state index contributed by atoms with van der Waals surface area (Å²) in [6.45, 7) is 0. The maximum absolute atomic E-state index is 12.9. The number of benzene rings is 2. The highest BCUT2D eigenvalue weighted by Gasteiger charge is 2.12. The summed E-state index contributed by atoms with van der Waals surface area (Å²) in [6, 6.07) is 14.4. The number of hydrogen-bond acceptors (Lipinski definition) is 2. The quantitative estimate of drug-likeness (QED) is 0.832. The summed E-state index contributed by atoms with van der Waals surface area (Å²) in [5, 5.41) is 6.43. The molecular formula is C20H23FN2O. The first-order valence-electron chi connectivity index (χ1n) is 8.60. The molecule has 1 aliphatic rings. The molecular weight excluding hydrogens is 303 g/mol. The van der Waals surface area contributed by atoms with Gasteiger partial charge < -0.3 is 10.6 Å². The Balaban J connectivity index is 1.51. The first-order valence-corrected chi connectivity index (χ1v) is 8.60. The molecule has 0 aromatic heterocycles. The second-order valence-corrected chi connectivity index (χ2v) is 6.41. The molecule has 1 amide bonds. The van der Waals surface area contributed by atoms with Gasteiger partial charge in [-0.25, -0.2) is 4.39 Å². The van der Waals surface area contributed by atoms with Crippen LogP contribution >= 0.6 is 0 Å². The molecule has 24 heavy (non-hydrogen) atoms. The van der Waals surface area contributed by atoms with Crippen LogP contribution in [0.5, 0.6) is 0 Å². The Morgan fingerprint density at radius 3 is 2.21 bits per heavy atom. The minimum Gasteiger partial charge on any atom is -0.382 e. The van der Waals surface area contributed by atoms with Crippen molar-refractivity contribution in [1.29, 1.82) is 0 Å². The number of carbonyl (C=O) groups excluding carboxylic acids is 1. The number of halogens is 1. The van der Waals surface area contributed by atoms with Crippen molar-refractivity contribution in [1.82, 2.24) is 0 Å². The van der Waals surface area contributed by atoms with Crippen molar-refractivity contribution in [2.75, 3.05) is 10.6 Å². The molecule has 3 nitrogen and oxygen atoms in total. The molecule has 1 fully saturated rings. The first kappa shape index (κ1) is 16.5. The number of rotatable bonds is 5. The van der Waals surface area contributed by atoms with Crippen LogP contribution in [0.25, 0.3) is 0 Å². The van der Waals surface area contributed by atoms with Crippen LogP contribution in [0.3, 0.4) is 0 Å². The fourth-order valence-corrected chi connectivity index (χ4v) is 3.13. The number of nitrogens with one attached hydrogen (secondary N) is 2. The highest BCUT2D eigenvalue weighted by molar-refractivity contribution is 5.92. The van der Waals surface area contributed by atoms with E-state index in [4.69, 9.17) is 0 Å². The standard InChI is InChI=1S/C20H23FN2O/c21-16-8-6-15(7-9-16)14-20(24)23-19-12-10-18(11-13-19)22-17-4-2-1-3-5-17/h6-13,17,22H,1-5,14H2,(H,23,24). The van der Waals surface area contributed by atoms with Gasteiger partial charge in [-0.1, -0.05) is 31.4 Å². The Bertz CT molecular complexity index is 661. The molecule has 0 atom stereocenters. The third kappa shape index (κ3) is 4.82. The third-order valence-electron chi connectivity index (χ3n) is 4.42. The van der Waals surface area contributed by atoms with Crippen LogP contribution in [0, 0.1) is 5.82 Å². The van der Waals surface area contributed by atoms with Crippen molar-refractivity contribution in [3.63, 3.8) is 0 Å². The maximum Gasteiger partial charge on any atom is 0.228 e. The summed E-state index contributed by atoms with van der Waals surface area (Å²) in [7, 11) is 0. The first-order chi connectivity index (χ1) is 11.7. The topological polar surface area (TPSA) is 41.1 Å². The van der Waals surface area contributed by atoms with Gasteiger partial charge in [-0.05, 0) is 54.8 Å². The molecule has 2 aromatic carbocycles. The normalized spacial score (nSPS) is 15.0. The predicted molar refractivity (Wildman–Crippen MR) is 95.7 cm³/mol. The van der Waals surface area contributed by atoms with Gasteiger partial charge in [0.15, 0.2) is 0 Å². The minimum absolute atomic E-state index is 0.102. The molecule has 0 aliphatic heterocycles. The summed E-state index contributed by atoms with van der Waals surface area (Å²) in [5.74, 6) is -0.394. The van der Waals surface area contributed by atoms with E-state index in [1.54, 1.807) is 12.1 Å². The van der Waals surface area contributed by atoms with Crippen molar-refractivity contribution in [3.05, 3.63) is 59.9 Å². The summed E-state index contributed by atoms with van der Waals surface area (Å²) in [5.41, 5.74) is 2.67. The predicted octanol–water partition coefficient (Wildman–Crippen LogP) is 4.75.